The van der Waals surface area contributed by atoms with Crippen molar-refractivity contribution in [2.45, 2.75) is 62.6 Å². The van der Waals surface area contributed by atoms with E-state index in [2.05, 4.69) is 17.4 Å². The zero-order valence-electron chi connectivity index (χ0n) is 23.0. The molecule has 3 rings (SSSR count). The highest BCUT2D eigenvalue weighted by molar-refractivity contribution is 7.89. The van der Waals surface area contributed by atoms with E-state index in [0.29, 0.717) is 17.7 Å². The zero-order chi connectivity index (χ0) is 28.8. The van der Waals surface area contributed by atoms with Crippen LogP contribution in [0, 0.1) is 0 Å². The van der Waals surface area contributed by atoms with Gasteiger partial charge in [-0.3, -0.25) is 0 Å². The lowest BCUT2D eigenvalue weighted by atomic mass is 10.0. The van der Waals surface area contributed by atoms with Gasteiger partial charge in [0.2, 0.25) is 10.0 Å². The normalized spacial score (nSPS) is 12.5. The van der Waals surface area contributed by atoms with E-state index >= 15 is 0 Å². The van der Waals surface area contributed by atoms with Crippen LogP contribution in [-0.4, -0.2) is 50.0 Å². The summed E-state index contributed by atoms with van der Waals surface area (Å²) in [6, 6.07) is 19.7. The first-order valence-corrected chi connectivity index (χ1v) is 15.4. The van der Waals surface area contributed by atoms with Crippen molar-refractivity contribution in [3.63, 3.8) is 0 Å². The Morgan fingerprint density at radius 3 is 2.30 bits per heavy atom. The highest BCUT2D eigenvalue weighted by atomic mass is 32.2. The lowest BCUT2D eigenvalue weighted by Crippen LogP contribution is -2.22. The van der Waals surface area contributed by atoms with E-state index in [1.165, 1.54) is 23.8 Å². The fraction of sp³-hybridized carbons (Fsp3) is 0.419. The molecule has 0 aliphatic carbocycles. The fourth-order valence-corrected chi connectivity index (χ4v) is 5.00. The van der Waals surface area contributed by atoms with E-state index in [1.807, 2.05) is 12.1 Å². The Labute approximate surface area is 237 Å². The lowest BCUT2D eigenvalue weighted by Gasteiger charge is -2.14. The van der Waals surface area contributed by atoms with Crippen LogP contribution in [0.4, 0.5) is 0 Å². The summed E-state index contributed by atoms with van der Waals surface area (Å²) in [4.78, 5) is 0.113. The summed E-state index contributed by atoms with van der Waals surface area (Å²) in [5.41, 5.74) is 4.34. The summed E-state index contributed by atoms with van der Waals surface area (Å²) in [5, 5.41) is 37.6. The summed E-state index contributed by atoms with van der Waals surface area (Å²) >= 11 is 0. The summed E-state index contributed by atoms with van der Waals surface area (Å²) in [5.74, 6) is 0.0349. The SMILES string of the molecule is NS(=O)(=O)c1ccc(-c2cccc(CCCCOCCCCCCNC[C@H](O)c3ccc(O)c(CO)c3)c2)cc1. The third-order valence-corrected chi connectivity index (χ3v) is 7.77. The second kappa shape index (κ2) is 16.5. The number of hydrogen-bond acceptors (Lipinski definition) is 7. The molecule has 0 bridgehead atoms. The molecule has 6 N–H and O–H groups in total. The molecule has 0 aromatic heterocycles. The Balaban J connectivity index is 1.19. The molecule has 0 spiro atoms. The molecule has 0 saturated carbocycles. The van der Waals surface area contributed by atoms with Gasteiger partial charge in [0.05, 0.1) is 17.6 Å². The van der Waals surface area contributed by atoms with Crippen LogP contribution in [0.2, 0.25) is 0 Å². The first-order valence-electron chi connectivity index (χ1n) is 13.9. The van der Waals surface area contributed by atoms with E-state index in [9.17, 15) is 23.7 Å². The molecule has 0 amide bonds. The molecule has 0 unspecified atom stereocenters. The van der Waals surface area contributed by atoms with Crippen molar-refractivity contribution in [2.75, 3.05) is 26.3 Å². The van der Waals surface area contributed by atoms with Crippen LogP contribution in [0.1, 0.15) is 61.3 Å². The van der Waals surface area contributed by atoms with Crippen molar-refractivity contribution in [2.24, 2.45) is 5.14 Å². The van der Waals surface area contributed by atoms with Crippen molar-refractivity contribution in [1.82, 2.24) is 5.32 Å². The smallest absolute Gasteiger partial charge is 0.238 e. The molecule has 0 heterocycles. The molecule has 9 heteroatoms. The van der Waals surface area contributed by atoms with Crippen molar-refractivity contribution in [3.8, 4) is 16.9 Å². The maximum Gasteiger partial charge on any atom is 0.238 e. The molecule has 0 fully saturated rings. The summed E-state index contributed by atoms with van der Waals surface area (Å²) in [7, 11) is -3.69. The van der Waals surface area contributed by atoms with Crippen LogP contribution in [0.3, 0.4) is 0 Å². The van der Waals surface area contributed by atoms with Crippen LogP contribution in [0.25, 0.3) is 11.1 Å². The maximum absolute atomic E-state index is 11.5. The molecule has 40 heavy (non-hydrogen) atoms. The minimum absolute atomic E-state index is 0.0349. The number of aliphatic hydroxyl groups excluding tert-OH is 2. The van der Waals surface area contributed by atoms with Crippen LogP contribution in [-0.2, 0) is 27.8 Å². The number of aryl methyl sites for hydroxylation is 1. The number of sulfonamides is 1. The molecule has 3 aromatic carbocycles. The van der Waals surface area contributed by atoms with E-state index in [4.69, 9.17) is 9.88 Å². The minimum Gasteiger partial charge on any atom is -0.508 e. The number of nitrogens with one attached hydrogen (secondary N) is 1. The molecule has 0 aliphatic heterocycles. The van der Waals surface area contributed by atoms with Crippen molar-refractivity contribution < 1.29 is 28.5 Å². The number of hydrogen-bond donors (Lipinski definition) is 5. The predicted octanol–water partition coefficient (Wildman–Crippen LogP) is 4.42. The Hall–Kier alpha value is -2.79. The molecule has 8 nitrogen and oxygen atoms in total. The van der Waals surface area contributed by atoms with E-state index in [0.717, 1.165) is 75.8 Å². The molecule has 218 valence electrons. The van der Waals surface area contributed by atoms with Crippen molar-refractivity contribution >= 4 is 10.0 Å². The van der Waals surface area contributed by atoms with Gasteiger partial charge in [-0.1, -0.05) is 55.3 Å². The maximum atomic E-state index is 11.5. The van der Waals surface area contributed by atoms with Gasteiger partial charge in [-0.25, -0.2) is 13.6 Å². The number of phenols is 1. The first kappa shape index (κ1) is 31.7. The minimum atomic E-state index is -3.69. The Bertz CT molecular complexity index is 1280. The third-order valence-electron chi connectivity index (χ3n) is 6.84. The van der Waals surface area contributed by atoms with Crippen molar-refractivity contribution in [3.05, 3.63) is 83.4 Å². The standard InChI is InChI=1S/C31H42N2O6S/c32-40(37,38)29-14-11-25(12-15-29)26-10-7-9-24(20-26)8-3-6-19-39-18-5-2-1-4-17-33-22-31(36)27-13-16-30(35)28(21-27)23-34/h7,9-16,20-21,31,33-36H,1-6,8,17-19,22-23H2,(H2,32,37,38)/t31-/m0/s1. The number of aliphatic hydroxyl groups is 2. The van der Waals surface area contributed by atoms with Gasteiger partial charge in [-0.05, 0) is 85.2 Å². The molecular weight excluding hydrogens is 528 g/mol. The third kappa shape index (κ3) is 10.6. The second-order valence-electron chi connectivity index (χ2n) is 10.0. The topological polar surface area (TPSA) is 142 Å². The van der Waals surface area contributed by atoms with E-state index in [-0.39, 0.29) is 17.3 Å². The zero-order valence-corrected chi connectivity index (χ0v) is 23.8. The monoisotopic (exact) mass is 570 g/mol. The second-order valence-corrected chi connectivity index (χ2v) is 11.6. The molecule has 0 radical (unpaired) electrons. The van der Waals surface area contributed by atoms with E-state index in [1.54, 1.807) is 24.3 Å². The molecule has 0 aliphatic rings. The fourth-order valence-electron chi connectivity index (χ4n) is 4.48. The number of rotatable bonds is 18. The van der Waals surface area contributed by atoms with Crippen LogP contribution >= 0.6 is 0 Å². The molecule has 3 aromatic rings. The van der Waals surface area contributed by atoms with Gasteiger partial charge in [0, 0.05) is 25.3 Å². The van der Waals surface area contributed by atoms with Gasteiger partial charge < -0.3 is 25.4 Å². The van der Waals surface area contributed by atoms with Gasteiger partial charge in [0.15, 0.2) is 0 Å². The van der Waals surface area contributed by atoms with Crippen molar-refractivity contribution in [1.29, 1.82) is 0 Å². The summed E-state index contributed by atoms with van der Waals surface area (Å²) in [6.07, 6.45) is 6.58. The van der Waals surface area contributed by atoms with E-state index < -0.39 is 16.1 Å². The largest absolute Gasteiger partial charge is 0.508 e. The number of unbranched alkanes of at least 4 members (excludes halogenated alkanes) is 4. The number of primary sulfonamides is 1. The van der Waals surface area contributed by atoms with Gasteiger partial charge in [0.25, 0.3) is 0 Å². The molecule has 1 atom stereocenters. The quantitative estimate of drug-likeness (QED) is 0.143. The van der Waals surface area contributed by atoms with Crippen LogP contribution < -0.4 is 10.5 Å². The Morgan fingerprint density at radius 2 is 1.57 bits per heavy atom. The van der Waals surface area contributed by atoms with Gasteiger partial charge >= 0.3 is 0 Å². The molecular formula is C31H42N2O6S. The highest BCUT2D eigenvalue weighted by Crippen LogP contribution is 2.23. The summed E-state index contributed by atoms with van der Waals surface area (Å²) in [6.45, 7) is 2.51. The van der Waals surface area contributed by atoms with Gasteiger partial charge in [-0.2, -0.15) is 0 Å². The van der Waals surface area contributed by atoms with Gasteiger partial charge in [-0.15, -0.1) is 0 Å². The lowest BCUT2D eigenvalue weighted by molar-refractivity contribution is 0.126. The predicted molar refractivity (Wildman–Crippen MR) is 157 cm³/mol. The van der Waals surface area contributed by atoms with Gasteiger partial charge in [0.1, 0.15) is 5.75 Å². The number of nitrogens with two attached hydrogens (primary N) is 1. The average molecular weight is 571 g/mol. The first-order chi connectivity index (χ1) is 19.3. The Kier molecular flexibility index (Phi) is 13.1. The summed E-state index contributed by atoms with van der Waals surface area (Å²) < 4.78 is 28.7. The van der Waals surface area contributed by atoms with Crippen LogP contribution in [0.5, 0.6) is 5.75 Å². The number of ether oxygens (including phenoxy) is 1. The Morgan fingerprint density at radius 1 is 0.850 bits per heavy atom. The highest BCUT2D eigenvalue weighted by Gasteiger charge is 2.10. The average Bonchev–Trinajstić information content (AvgIpc) is 2.95. The molecule has 0 saturated heterocycles. The number of benzene rings is 3. The number of aromatic hydroxyl groups is 1. The van der Waals surface area contributed by atoms with Crippen LogP contribution in [0.15, 0.2) is 71.6 Å².